The minimum absolute atomic E-state index is 0.0768. The van der Waals surface area contributed by atoms with Crippen LogP contribution in [0.1, 0.15) is 39.5 Å². The van der Waals surface area contributed by atoms with Crippen LogP contribution in [0.15, 0.2) is 0 Å². The van der Waals surface area contributed by atoms with Gasteiger partial charge < -0.3 is 14.5 Å². The molecule has 0 bridgehead atoms. The number of ether oxygens (including phenoxy) is 1. The van der Waals surface area contributed by atoms with Crippen molar-refractivity contribution >= 4 is 5.97 Å². The summed E-state index contributed by atoms with van der Waals surface area (Å²) in [5.74, 6) is -0.0768. The van der Waals surface area contributed by atoms with Crippen LogP contribution in [-0.4, -0.2) is 56.3 Å². The third kappa shape index (κ3) is 5.83. The maximum absolute atomic E-state index is 11.6. The highest BCUT2D eigenvalue weighted by molar-refractivity contribution is 5.70. The maximum atomic E-state index is 11.6. The van der Waals surface area contributed by atoms with Crippen molar-refractivity contribution in [2.45, 2.75) is 45.6 Å². The molecule has 1 aliphatic rings. The molecule has 4 heteroatoms. The zero-order valence-electron chi connectivity index (χ0n) is 12.2. The SMILES string of the molecule is CCNC(C)CC(=O)OCC[N+]1(C)CCCCC1. The summed E-state index contributed by atoms with van der Waals surface area (Å²) in [4.78, 5) is 11.6. The van der Waals surface area contributed by atoms with Crippen LogP contribution in [0.2, 0.25) is 0 Å². The molecule has 0 aromatic carbocycles. The lowest BCUT2D eigenvalue weighted by Crippen LogP contribution is -2.49. The first-order chi connectivity index (χ1) is 8.56. The van der Waals surface area contributed by atoms with E-state index >= 15 is 0 Å². The van der Waals surface area contributed by atoms with Gasteiger partial charge in [0.15, 0.2) is 0 Å². The van der Waals surface area contributed by atoms with Gasteiger partial charge in [-0.3, -0.25) is 4.79 Å². The summed E-state index contributed by atoms with van der Waals surface area (Å²) in [5.41, 5.74) is 0. The van der Waals surface area contributed by atoms with Crippen molar-refractivity contribution in [3.8, 4) is 0 Å². The van der Waals surface area contributed by atoms with E-state index in [1.165, 1.54) is 32.4 Å². The predicted octanol–water partition coefficient (Wildman–Crippen LogP) is 1.55. The second kappa shape index (κ2) is 7.74. The summed E-state index contributed by atoms with van der Waals surface area (Å²) >= 11 is 0. The van der Waals surface area contributed by atoms with Crippen molar-refractivity contribution < 1.29 is 14.0 Å². The lowest BCUT2D eigenvalue weighted by Gasteiger charge is -2.37. The Hall–Kier alpha value is -0.610. The van der Waals surface area contributed by atoms with Gasteiger partial charge in [0.1, 0.15) is 13.2 Å². The Balaban J connectivity index is 2.14. The van der Waals surface area contributed by atoms with Crippen LogP contribution in [0.4, 0.5) is 0 Å². The number of nitrogens with zero attached hydrogens (tertiary/aromatic N) is 1. The Morgan fingerprint density at radius 1 is 1.33 bits per heavy atom. The van der Waals surface area contributed by atoms with Gasteiger partial charge in [-0.25, -0.2) is 0 Å². The molecule has 1 aliphatic heterocycles. The molecule has 0 saturated carbocycles. The largest absolute Gasteiger partial charge is 0.460 e. The van der Waals surface area contributed by atoms with Crippen LogP contribution in [-0.2, 0) is 9.53 Å². The number of hydrogen-bond acceptors (Lipinski definition) is 3. The van der Waals surface area contributed by atoms with Crippen molar-refractivity contribution in [3.63, 3.8) is 0 Å². The lowest BCUT2D eigenvalue weighted by atomic mass is 10.1. The zero-order valence-corrected chi connectivity index (χ0v) is 12.2. The normalized spacial score (nSPS) is 20.4. The molecule has 0 amide bonds. The van der Waals surface area contributed by atoms with E-state index in [-0.39, 0.29) is 12.0 Å². The first-order valence-corrected chi connectivity index (χ1v) is 7.28. The van der Waals surface area contributed by atoms with E-state index < -0.39 is 0 Å². The van der Waals surface area contributed by atoms with Crippen molar-refractivity contribution in [1.29, 1.82) is 0 Å². The number of piperidine rings is 1. The maximum Gasteiger partial charge on any atom is 0.307 e. The van der Waals surface area contributed by atoms with Crippen LogP contribution in [0, 0.1) is 0 Å². The number of carbonyl (C=O) groups is 1. The summed E-state index contributed by atoms with van der Waals surface area (Å²) in [7, 11) is 2.27. The summed E-state index contributed by atoms with van der Waals surface area (Å²) in [6.45, 7) is 8.93. The van der Waals surface area contributed by atoms with E-state index in [1.807, 2.05) is 13.8 Å². The molecular formula is C14H29N2O2+. The minimum atomic E-state index is -0.0768. The van der Waals surface area contributed by atoms with Crippen LogP contribution < -0.4 is 5.32 Å². The van der Waals surface area contributed by atoms with Crippen LogP contribution in [0.25, 0.3) is 0 Å². The molecule has 1 N–H and O–H groups in total. The summed E-state index contributed by atoms with van der Waals surface area (Å²) < 4.78 is 6.40. The molecule has 0 radical (unpaired) electrons. The number of carbonyl (C=O) groups excluding carboxylic acids is 1. The summed E-state index contributed by atoms with van der Waals surface area (Å²) in [5, 5.41) is 3.22. The average Bonchev–Trinajstić information content (AvgIpc) is 2.29. The van der Waals surface area contributed by atoms with Gasteiger partial charge in [-0.05, 0) is 32.7 Å². The highest BCUT2D eigenvalue weighted by Gasteiger charge is 2.24. The quantitative estimate of drug-likeness (QED) is 0.555. The first kappa shape index (κ1) is 15.4. The molecule has 18 heavy (non-hydrogen) atoms. The third-order valence-corrected chi connectivity index (χ3v) is 3.82. The summed E-state index contributed by atoms with van der Waals surface area (Å²) in [6.07, 6.45) is 4.44. The van der Waals surface area contributed by atoms with E-state index in [0.29, 0.717) is 13.0 Å². The standard InChI is InChI=1S/C14H29N2O2/c1-4-15-13(2)12-14(17)18-11-10-16(3)8-6-5-7-9-16/h13,15H,4-12H2,1-3H3/q+1. The van der Waals surface area contributed by atoms with Gasteiger partial charge in [-0.2, -0.15) is 0 Å². The highest BCUT2D eigenvalue weighted by atomic mass is 16.5. The Kier molecular flexibility index (Phi) is 6.65. The fraction of sp³-hybridized carbons (Fsp3) is 0.929. The molecule has 0 spiro atoms. The first-order valence-electron chi connectivity index (χ1n) is 7.28. The number of hydrogen-bond donors (Lipinski definition) is 1. The predicted molar refractivity (Wildman–Crippen MR) is 73.4 cm³/mol. The Labute approximate surface area is 111 Å². The Bertz CT molecular complexity index is 250. The number of esters is 1. The molecule has 4 nitrogen and oxygen atoms in total. The van der Waals surface area contributed by atoms with Crippen molar-refractivity contribution in [1.82, 2.24) is 5.32 Å². The second-order valence-corrected chi connectivity index (χ2v) is 5.73. The lowest BCUT2D eigenvalue weighted by molar-refractivity contribution is -0.914. The monoisotopic (exact) mass is 257 g/mol. The van der Waals surface area contributed by atoms with Gasteiger partial charge >= 0.3 is 5.97 Å². The number of likely N-dealkylation sites (tertiary alicyclic amines) is 1. The molecule has 0 aliphatic carbocycles. The average molecular weight is 257 g/mol. The highest BCUT2D eigenvalue weighted by Crippen LogP contribution is 2.15. The smallest absolute Gasteiger partial charge is 0.307 e. The van der Waals surface area contributed by atoms with Gasteiger partial charge in [0.25, 0.3) is 0 Å². The zero-order chi connectivity index (χ0) is 13.4. The van der Waals surface area contributed by atoms with Crippen molar-refractivity contribution in [2.24, 2.45) is 0 Å². The van der Waals surface area contributed by atoms with E-state index in [2.05, 4.69) is 12.4 Å². The van der Waals surface area contributed by atoms with Crippen molar-refractivity contribution in [3.05, 3.63) is 0 Å². The molecular weight excluding hydrogens is 228 g/mol. The topological polar surface area (TPSA) is 38.3 Å². The molecule has 1 rings (SSSR count). The Morgan fingerprint density at radius 3 is 2.61 bits per heavy atom. The minimum Gasteiger partial charge on any atom is -0.460 e. The van der Waals surface area contributed by atoms with E-state index in [9.17, 15) is 4.79 Å². The third-order valence-electron chi connectivity index (χ3n) is 3.82. The molecule has 0 aromatic rings. The van der Waals surface area contributed by atoms with Crippen LogP contribution in [0.5, 0.6) is 0 Å². The van der Waals surface area contributed by atoms with Gasteiger partial charge in [-0.1, -0.05) is 6.92 Å². The van der Waals surface area contributed by atoms with E-state index in [0.717, 1.165) is 17.6 Å². The molecule has 1 atom stereocenters. The fourth-order valence-corrected chi connectivity index (χ4v) is 2.61. The molecule has 1 unspecified atom stereocenters. The molecule has 0 aromatic heterocycles. The number of quaternary nitrogens is 1. The van der Waals surface area contributed by atoms with Gasteiger partial charge in [0.2, 0.25) is 0 Å². The molecule has 1 fully saturated rings. The van der Waals surface area contributed by atoms with Crippen LogP contribution in [0.3, 0.4) is 0 Å². The van der Waals surface area contributed by atoms with Gasteiger partial charge in [0, 0.05) is 6.04 Å². The fourth-order valence-electron chi connectivity index (χ4n) is 2.61. The van der Waals surface area contributed by atoms with Gasteiger partial charge in [-0.15, -0.1) is 0 Å². The molecule has 1 heterocycles. The molecule has 106 valence electrons. The van der Waals surface area contributed by atoms with E-state index in [1.54, 1.807) is 0 Å². The van der Waals surface area contributed by atoms with E-state index in [4.69, 9.17) is 4.74 Å². The number of nitrogens with one attached hydrogen (secondary N) is 1. The number of rotatable bonds is 7. The van der Waals surface area contributed by atoms with Crippen LogP contribution >= 0.6 is 0 Å². The molecule has 1 saturated heterocycles. The Morgan fingerprint density at radius 2 is 2.00 bits per heavy atom. The van der Waals surface area contributed by atoms with Crippen molar-refractivity contribution in [2.75, 3.05) is 39.8 Å². The number of likely N-dealkylation sites (N-methyl/N-ethyl adjacent to an activating group) is 1. The second-order valence-electron chi connectivity index (χ2n) is 5.73. The van der Waals surface area contributed by atoms with Gasteiger partial charge in [0.05, 0.1) is 26.6 Å². The summed E-state index contributed by atoms with van der Waals surface area (Å²) in [6, 6.07) is 0.210.